The van der Waals surface area contributed by atoms with Crippen LogP contribution in [0.3, 0.4) is 0 Å². The predicted octanol–water partition coefficient (Wildman–Crippen LogP) is 1.14. The smallest absolute Gasteiger partial charge is 0.131 e. The van der Waals surface area contributed by atoms with Crippen LogP contribution in [0.2, 0.25) is 0 Å². The Balaban J connectivity index is 2.38. The summed E-state index contributed by atoms with van der Waals surface area (Å²) in [6, 6.07) is 0.544. The zero-order chi connectivity index (χ0) is 12.8. The van der Waals surface area contributed by atoms with E-state index in [1.165, 1.54) is 0 Å². The van der Waals surface area contributed by atoms with E-state index in [9.17, 15) is 4.79 Å². The quantitative estimate of drug-likeness (QED) is 0.715. The van der Waals surface area contributed by atoms with Crippen LogP contribution in [0.4, 0.5) is 0 Å². The molecule has 5 nitrogen and oxygen atoms in total. The Kier molecular flexibility index (Phi) is 5.28. The molecule has 0 bridgehead atoms. The van der Waals surface area contributed by atoms with Crippen LogP contribution in [0.15, 0.2) is 6.20 Å². The van der Waals surface area contributed by atoms with Gasteiger partial charge in [-0.05, 0) is 27.8 Å². The van der Waals surface area contributed by atoms with Gasteiger partial charge in [-0.1, -0.05) is 5.21 Å². The van der Waals surface area contributed by atoms with Crippen molar-refractivity contribution in [1.82, 2.24) is 19.9 Å². The second-order valence-corrected chi connectivity index (χ2v) is 4.75. The molecule has 0 radical (unpaired) electrons. The molecule has 17 heavy (non-hydrogen) atoms. The van der Waals surface area contributed by atoms with Crippen LogP contribution >= 0.6 is 0 Å². The average molecular weight is 238 g/mol. The Morgan fingerprint density at radius 3 is 2.82 bits per heavy atom. The molecule has 0 atom stereocenters. The third kappa shape index (κ3) is 5.08. The van der Waals surface area contributed by atoms with E-state index in [2.05, 4.69) is 36.1 Å². The summed E-state index contributed by atoms with van der Waals surface area (Å²) < 4.78 is 1.74. The van der Waals surface area contributed by atoms with Gasteiger partial charge in [-0.3, -0.25) is 9.48 Å². The normalized spacial score (nSPS) is 11.4. The second kappa shape index (κ2) is 6.49. The molecular formula is C12H22N4O. The van der Waals surface area contributed by atoms with Gasteiger partial charge in [0.05, 0.1) is 5.69 Å². The molecule has 0 aromatic carbocycles. The van der Waals surface area contributed by atoms with Crippen LogP contribution in [0.1, 0.15) is 32.9 Å². The zero-order valence-corrected chi connectivity index (χ0v) is 11.2. The lowest BCUT2D eigenvalue weighted by Gasteiger charge is -2.19. The number of hydrogen-bond acceptors (Lipinski definition) is 4. The maximum absolute atomic E-state index is 10.8. The number of Topliss-reactive ketones (excluding diaryl/α,β-unsaturated/α-hetero) is 1. The van der Waals surface area contributed by atoms with Gasteiger partial charge in [-0.15, -0.1) is 5.10 Å². The average Bonchev–Trinajstić information content (AvgIpc) is 2.70. The van der Waals surface area contributed by atoms with Crippen LogP contribution in [0.5, 0.6) is 0 Å². The highest BCUT2D eigenvalue weighted by Crippen LogP contribution is 2.00. The zero-order valence-electron chi connectivity index (χ0n) is 11.2. The van der Waals surface area contributed by atoms with E-state index in [-0.39, 0.29) is 5.78 Å². The summed E-state index contributed by atoms with van der Waals surface area (Å²) in [5, 5.41) is 8.11. The maximum Gasteiger partial charge on any atom is 0.131 e. The van der Waals surface area contributed by atoms with Crippen molar-refractivity contribution in [2.75, 3.05) is 13.6 Å². The Morgan fingerprint density at radius 1 is 1.53 bits per heavy atom. The number of likely N-dealkylation sites (N-methyl/N-ethyl adjacent to an activating group) is 1. The molecule has 0 spiro atoms. The molecule has 96 valence electrons. The molecule has 0 N–H and O–H groups in total. The number of carbonyl (C=O) groups excluding carboxylic acids is 1. The van der Waals surface area contributed by atoms with Crippen LogP contribution in [0, 0.1) is 0 Å². The summed E-state index contributed by atoms with van der Waals surface area (Å²) in [5.41, 5.74) is 0.987. The Morgan fingerprint density at radius 2 is 2.24 bits per heavy atom. The molecule has 0 saturated heterocycles. The van der Waals surface area contributed by atoms with Gasteiger partial charge in [0, 0.05) is 38.2 Å². The predicted molar refractivity (Wildman–Crippen MR) is 66.8 cm³/mol. The number of rotatable bonds is 7. The summed E-state index contributed by atoms with van der Waals surface area (Å²) in [7, 11) is 2.10. The lowest BCUT2D eigenvalue weighted by molar-refractivity contribution is -0.117. The fourth-order valence-corrected chi connectivity index (χ4v) is 1.38. The van der Waals surface area contributed by atoms with Gasteiger partial charge in [0.2, 0.25) is 0 Å². The van der Waals surface area contributed by atoms with E-state index in [1.54, 1.807) is 11.6 Å². The van der Waals surface area contributed by atoms with E-state index in [0.717, 1.165) is 18.7 Å². The first-order valence-electron chi connectivity index (χ1n) is 6.07. The molecule has 0 aliphatic carbocycles. The van der Waals surface area contributed by atoms with Crippen molar-refractivity contribution in [3.05, 3.63) is 11.9 Å². The molecule has 1 heterocycles. The van der Waals surface area contributed by atoms with Gasteiger partial charge < -0.3 is 4.90 Å². The van der Waals surface area contributed by atoms with Crippen molar-refractivity contribution in [3.8, 4) is 0 Å². The van der Waals surface area contributed by atoms with E-state index < -0.39 is 0 Å². The minimum absolute atomic E-state index is 0.182. The second-order valence-electron chi connectivity index (χ2n) is 4.75. The maximum atomic E-state index is 10.8. The fourth-order valence-electron chi connectivity index (χ4n) is 1.38. The summed E-state index contributed by atoms with van der Waals surface area (Å²) >= 11 is 0. The fraction of sp³-hybridized carbons (Fsp3) is 0.750. The van der Waals surface area contributed by atoms with Crippen molar-refractivity contribution < 1.29 is 4.79 Å². The summed E-state index contributed by atoms with van der Waals surface area (Å²) in [4.78, 5) is 13.1. The van der Waals surface area contributed by atoms with E-state index in [4.69, 9.17) is 0 Å². The topological polar surface area (TPSA) is 51.0 Å². The van der Waals surface area contributed by atoms with Crippen molar-refractivity contribution in [2.24, 2.45) is 0 Å². The molecule has 0 fully saturated rings. The van der Waals surface area contributed by atoms with E-state index in [1.807, 2.05) is 6.20 Å². The molecule has 1 rings (SSSR count). The van der Waals surface area contributed by atoms with Crippen LogP contribution in [-0.2, 0) is 17.8 Å². The molecule has 1 aromatic heterocycles. The van der Waals surface area contributed by atoms with Gasteiger partial charge in [0.1, 0.15) is 5.78 Å². The van der Waals surface area contributed by atoms with Crippen molar-refractivity contribution in [3.63, 3.8) is 0 Å². The first-order chi connectivity index (χ1) is 7.99. The van der Waals surface area contributed by atoms with Crippen molar-refractivity contribution in [2.45, 2.75) is 46.2 Å². The Bertz CT molecular complexity index is 359. The first kappa shape index (κ1) is 13.8. The van der Waals surface area contributed by atoms with Crippen LogP contribution in [-0.4, -0.2) is 45.3 Å². The number of aromatic nitrogens is 3. The molecule has 0 aliphatic rings. The number of carbonyl (C=O) groups is 1. The first-order valence-corrected chi connectivity index (χ1v) is 6.07. The van der Waals surface area contributed by atoms with E-state index >= 15 is 0 Å². The van der Waals surface area contributed by atoms with Gasteiger partial charge in [-0.25, -0.2) is 0 Å². The minimum atomic E-state index is 0.182. The highest BCUT2D eigenvalue weighted by Gasteiger charge is 2.06. The largest absolute Gasteiger partial charge is 0.304 e. The Hall–Kier alpha value is -1.23. The third-order valence-electron chi connectivity index (χ3n) is 2.88. The highest BCUT2D eigenvalue weighted by molar-refractivity contribution is 5.75. The molecule has 1 aromatic rings. The van der Waals surface area contributed by atoms with Crippen LogP contribution < -0.4 is 0 Å². The lowest BCUT2D eigenvalue weighted by atomic mass is 10.2. The standard InChI is InChI=1S/C12H22N4O/c1-10(2)15(4)7-6-12-9-16(14-13-12)8-5-11(3)17/h9-10H,5-8H2,1-4H3. The lowest BCUT2D eigenvalue weighted by Crippen LogP contribution is -2.28. The van der Waals surface area contributed by atoms with Crippen molar-refractivity contribution in [1.29, 1.82) is 0 Å². The van der Waals surface area contributed by atoms with Gasteiger partial charge in [0.25, 0.3) is 0 Å². The molecule has 5 heteroatoms. The summed E-state index contributed by atoms with van der Waals surface area (Å²) in [5.74, 6) is 0.182. The van der Waals surface area contributed by atoms with Gasteiger partial charge in [-0.2, -0.15) is 0 Å². The molecule has 0 aliphatic heterocycles. The van der Waals surface area contributed by atoms with Crippen LogP contribution in [0.25, 0.3) is 0 Å². The summed E-state index contributed by atoms with van der Waals surface area (Å²) in [6.45, 7) is 7.54. The van der Waals surface area contributed by atoms with Gasteiger partial charge >= 0.3 is 0 Å². The number of hydrogen-bond donors (Lipinski definition) is 0. The number of nitrogens with zero attached hydrogens (tertiary/aromatic N) is 4. The molecule has 0 saturated carbocycles. The molecular weight excluding hydrogens is 216 g/mol. The third-order valence-corrected chi connectivity index (χ3v) is 2.88. The molecule has 0 amide bonds. The van der Waals surface area contributed by atoms with Crippen molar-refractivity contribution >= 4 is 5.78 Å². The SMILES string of the molecule is CC(=O)CCn1cc(CCN(C)C(C)C)nn1. The van der Waals surface area contributed by atoms with E-state index in [0.29, 0.717) is 19.0 Å². The molecule has 0 unspecified atom stereocenters. The minimum Gasteiger partial charge on any atom is -0.304 e. The van der Waals surface area contributed by atoms with Gasteiger partial charge in [0.15, 0.2) is 0 Å². The Labute approximate surface area is 103 Å². The number of ketones is 1. The monoisotopic (exact) mass is 238 g/mol. The highest BCUT2D eigenvalue weighted by atomic mass is 16.1. The number of aryl methyl sites for hydroxylation is 1. The summed E-state index contributed by atoms with van der Waals surface area (Å²) in [6.07, 6.45) is 3.35.